The molecule has 2 aliphatic rings. The van der Waals surface area contributed by atoms with Crippen LogP contribution in [0, 0.1) is 0 Å². The summed E-state index contributed by atoms with van der Waals surface area (Å²) >= 11 is 6.58. The van der Waals surface area contributed by atoms with Crippen LogP contribution in [0.5, 0.6) is 0 Å². The standard InChI is InChI=1S/C36H35ClN4O7/c1-4-22(2)31(37)40-32-28(23(3)38)39-21-41(32)33-30(48-36(44)26-18-12-7-13-19-26)29(47-35(43)25-16-10-6-11-17-25)27(46-33)20-45-34(42)24-14-8-5-9-15-24/h5-19,21,27,29-30,33H,4,20,38H2,1-3H3/b28-23-,31-22-,40-32+/t27-,29?,30?,33-/m1/s1. The monoisotopic (exact) mass is 670 g/mol. The maximum Gasteiger partial charge on any atom is 0.338 e. The molecule has 0 amide bonds. The number of ether oxygens (including phenoxy) is 4. The zero-order valence-corrected chi connectivity index (χ0v) is 27.4. The number of carbonyl (C=O) groups is 3. The average molecular weight is 671 g/mol. The lowest BCUT2D eigenvalue weighted by Gasteiger charge is -2.29. The van der Waals surface area contributed by atoms with Gasteiger partial charge in [0, 0.05) is 5.70 Å². The summed E-state index contributed by atoms with van der Waals surface area (Å²) in [5.41, 5.74) is 8.51. The molecule has 0 aromatic heterocycles. The molecule has 1 fully saturated rings. The third-order valence-electron chi connectivity index (χ3n) is 7.68. The second-order valence-electron chi connectivity index (χ2n) is 11.0. The van der Waals surface area contributed by atoms with Gasteiger partial charge in [-0.1, -0.05) is 73.1 Å². The zero-order valence-electron chi connectivity index (χ0n) is 26.6. The number of carbonyl (C=O) groups excluding carboxylic acids is 3. The Kier molecular flexibility index (Phi) is 11.0. The molecule has 2 aliphatic heterocycles. The number of rotatable bonds is 10. The summed E-state index contributed by atoms with van der Waals surface area (Å²) in [6.07, 6.45) is -2.70. The van der Waals surface area contributed by atoms with E-state index >= 15 is 0 Å². The fourth-order valence-electron chi connectivity index (χ4n) is 4.95. The van der Waals surface area contributed by atoms with Gasteiger partial charge in [-0.15, -0.1) is 0 Å². The van der Waals surface area contributed by atoms with Gasteiger partial charge in [-0.25, -0.2) is 24.4 Å². The fraction of sp³-hybridized carbons (Fsp3) is 0.250. The van der Waals surface area contributed by atoms with Gasteiger partial charge < -0.3 is 24.7 Å². The predicted molar refractivity (Wildman–Crippen MR) is 180 cm³/mol. The highest BCUT2D eigenvalue weighted by molar-refractivity contribution is 6.31. The van der Waals surface area contributed by atoms with Crippen molar-refractivity contribution in [3.05, 3.63) is 130 Å². The van der Waals surface area contributed by atoms with Crippen LogP contribution in [0.1, 0.15) is 58.3 Å². The van der Waals surface area contributed by atoms with Gasteiger partial charge in [0.05, 0.1) is 23.0 Å². The van der Waals surface area contributed by atoms with Crippen molar-refractivity contribution in [3.8, 4) is 0 Å². The molecule has 0 aliphatic carbocycles. The molecule has 3 aromatic carbocycles. The maximum absolute atomic E-state index is 13.5. The molecule has 0 bridgehead atoms. The van der Waals surface area contributed by atoms with Gasteiger partial charge in [-0.3, -0.25) is 4.90 Å². The van der Waals surface area contributed by atoms with E-state index in [0.717, 1.165) is 5.57 Å². The van der Waals surface area contributed by atoms with Crippen molar-refractivity contribution in [2.75, 3.05) is 6.61 Å². The summed E-state index contributed by atoms with van der Waals surface area (Å²) in [6.45, 7) is 5.10. The predicted octanol–water partition coefficient (Wildman–Crippen LogP) is 5.83. The van der Waals surface area contributed by atoms with Gasteiger partial charge >= 0.3 is 17.9 Å². The van der Waals surface area contributed by atoms with Crippen LogP contribution in [0.2, 0.25) is 0 Å². The van der Waals surface area contributed by atoms with Crippen LogP contribution < -0.4 is 5.73 Å². The van der Waals surface area contributed by atoms with E-state index in [1.54, 1.807) is 97.9 Å². The molecule has 248 valence electrons. The van der Waals surface area contributed by atoms with Crippen molar-refractivity contribution < 1.29 is 33.3 Å². The van der Waals surface area contributed by atoms with Crippen molar-refractivity contribution in [1.29, 1.82) is 0 Å². The van der Waals surface area contributed by atoms with Crippen LogP contribution in [0.3, 0.4) is 0 Å². The van der Waals surface area contributed by atoms with E-state index in [2.05, 4.69) is 9.98 Å². The molecular weight excluding hydrogens is 636 g/mol. The Morgan fingerprint density at radius 3 is 1.83 bits per heavy atom. The second kappa shape index (κ2) is 15.6. The molecule has 2 N–H and O–H groups in total. The number of aliphatic imine (C=N–C) groups is 2. The molecule has 5 rings (SSSR count). The number of amidine groups is 1. The van der Waals surface area contributed by atoms with Crippen molar-refractivity contribution in [1.82, 2.24) is 4.90 Å². The molecule has 11 nitrogen and oxygen atoms in total. The van der Waals surface area contributed by atoms with Gasteiger partial charge in [0.2, 0.25) is 0 Å². The lowest BCUT2D eigenvalue weighted by Crippen LogP contribution is -2.48. The van der Waals surface area contributed by atoms with E-state index in [4.69, 9.17) is 36.3 Å². The van der Waals surface area contributed by atoms with Gasteiger partial charge in [0.1, 0.15) is 23.6 Å². The van der Waals surface area contributed by atoms with Gasteiger partial charge in [0.15, 0.2) is 24.3 Å². The molecule has 1 saturated heterocycles. The maximum atomic E-state index is 13.5. The SMILES string of the molecule is CC\C(C)=C(Cl)/N=C1\C(=C(/C)N)N=CN1[C@@H]1O[C@H](COC(=O)c2ccccc2)C(OC(=O)c2ccccc2)C1OC(=O)c1ccccc1. The summed E-state index contributed by atoms with van der Waals surface area (Å²) in [5, 5.41) is 0.220. The third kappa shape index (κ3) is 7.81. The van der Waals surface area contributed by atoms with Crippen LogP contribution in [-0.2, 0) is 18.9 Å². The summed E-state index contributed by atoms with van der Waals surface area (Å²) in [7, 11) is 0. The first-order valence-electron chi connectivity index (χ1n) is 15.3. The van der Waals surface area contributed by atoms with Crippen LogP contribution in [0.25, 0.3) is 0 Å². The minimum absolute atomic E-state index is 0.220. The smallest absolute Gasteiger partial charge is 0.338 e. The first-order chi connectivity index (χ1) is 23.2. The third-order valence-corrected chi connectivity index (χ3v) is 8.09. The first-order valence-corrected chi connectivity index (χ1v) is 15.7. The largest absolute Gasteiger partial charge is 0.459 e. The number of hydrogen-bond acceptors (Lipinski definition) is 10. The van der Waals surface area contributed by atoms with Gasteiger partial charge in [-0.2, -0.15) is 0 Å². The molecule has 4 atom stereocenters. The Balaban J connectivity index is 1.56. The topological polar surface area (TPSA) is 142 Å². The Hall–Kier alpha value is -5.26. The Bertz CT molecular complexity index is 1760. The van der Waals surface area contributed by atoms with E-state index in [0.29, 0.717) is 23.4 Å². The summed E-state index contributed by atoms with van der Waals surface area (Å²) < 4.78 is 24.2. The van der Waals surface area contributed by atoms with Crippen LogP contribution in [0.15, 0.2) is 123 Å². The van der Waals surface area contributed by atoms with E-state index in [9.17, 15) is 14.4 Å². The first kappa shape index (κ1) is 34.1. The average Bonchev–Trinajstić information content (AvgIpc) is 3.68. The number of halogens is 1. The van der Waals surface area contributed by atoms with E-state index in [-0.39, 0.29) is 28.7 Å². The number of allylic oxidation sites excluding steroid dienone is 2. The second-order valence-corrected chi connectivity index (χ2v) is 11.4. The summed E-state index contributed by atoms with van der Waals surface area (Å²) in [4.78, 5) is 50.6. The van der Waals surface area contributed by atoms with Crippen LogP contribution in [-0.4, -0.2) is 66.1 Å². The number of benzene rings is 3. The Labute approximate surface area is 283 Å². The van der Waals surface area contributed by atoms with Crippen molar-refractivity contribution in [2.45, 2.75) is 51.7 Å². The zero-order chi connectivity index (χ0) is 34.2. The molecule has 0 spiro atoms. The Morgan fingerprint density at radius 1 is 0.833 bits per heavy atom. The molecular formula is C36H35ClN4O7. The molecule has 2 heterocycles. The van der Waals surface area contributed by atoms with E-state index < -0.39 is 42.4 Å². The highest BCUT2D eigenvalue weighted by Crippen LogP contribution is 2.34. The molecule has 12 heteroatoms. The number of nitrogens with two attached hydrogens (primary N) is 1. The fourth-order valence-corrected chi connectivity index (χ4v) is 5.16. The summed E-state index contributed by atoms with van der Waals surface area (Å²) in [5.74, 6) is -1.78. The van der Waals surface area contributed by atoms with Crippen molar-refractivity contribution in [2.24, 2.45) is 15.7 Å². The molecule has 3 aromatic rings. The van der Waals surface area contributed by atoms with Crippen LogP contribution >= 0.6 is 11.6 Å². The van der Waals surface area contributed by atoms with Crippen molar-refractivity contribution in [3.63, 3.8) is 0 Å². The normalized spacial score (nSPS) is 22.7. The lowest BCUT2D eigenvalue weighted by atomic mass is 10.1. The minimum atomic E-state index is -1.27. The molecule has 0 radical (unpaired) electrons. The molecule has 0 saturated carbocycles. The lowest BCUT2D eigenvalue weighted by molar-refractivity contribution is -0.0600. The van der Waals surface area contributed by atoms with Gasteiger partial charge in [0.25, 0.3) is 0 Å². The Morgan fingerprint density at radius 2 is 1.33 bits per heavy atom. The van der Waals surface area contributed by atoms with Crippen molar-refractivity contribution >= 4 is 41.7 Å². The highest BCUT2D eigenvalue weighted by atomic mass is 35.5. The van der Waals surface area contributed by atoms with E-state index in [1.165, 1.54) is 11.2 Å². The number of nitrogens with zero attached hydrogens (tertiary/aromatic N) is 3. The quantitative estimate of drug-likeness (QED) is 0.160. The van der Waals surface area contributed by atoms with Crippen LogP contribution in [0.4, 0.5) is 0 Å². The summed E-state index contributed by atoms with van der Waals surface area (Å²) in [6, 6.07) is 25.1. The van der Waals surface area contributed by atoms with Gasteiger partial charge in [-0.05, 0) is 62.2 Å². The minimum Gasteiger partial charge on any atom is -0.459 e. The number of hydrogen-bond donors (Lipinski definition) is 1. The molecule has 48 heavy (non-hydrogen) atoms. The number of esters is 3. The highest BCUT2D eigenvalue weighted by Gasteiger charge is 2.54. The van der Waals surface area contributed by atoms with E-state index in [1.807, 2.05) is 13.8 Å². The molecule has 2 unspecified atom stereocenters.